The lowest BCUT2D eigenvalue weighted by Crippen LogP contribution is -2.11. The molecule has 0 bridgehead atoms. The zero-order valence-corrected chi connectivity index (χ0v) is 33.2. The normalized spacial score (nSPS) is 15.9. The summed E-state index contributed by atoms with van der Waals surface area (Å²) in [6.07, 6.45) is 3.12. The lowest BCUT2D eigenvalue weighted by molar-refractivity contribution is 0.587. The van der Waals surface area contributed by atoms with Crippen LogP contribution in [0.2, 0.25) is 0 Å². The van der Waals surface area contributed by atoms with Crippen molar-refractivity contribution in [1.29, 1.82) is 0 Å². The average molecular weight is 769 g/mol. The van der Waals surface area contributed by atoms with Crippen LogP contribution in [0.3, 0.4) is 0 Å². The topological polar surface area (TPSA) is 30.4 Å². The predicted molar refractivity (Wildman–Crippen MR) is 252 cm³/mol. The van der Waals surface area contributed by atoms with E-state index in [0.29, 0.717) is 6.42 Å². The number of allylic oxidation sites excluding steroid dienone is 1. The molecule has 2 atom stereocenters. The highest BCUT2D eigenvalue weighted by atomic mass is 16.3. The van der Waals surface area contributed by atoms with E-state index in [1.54, 1.807) is 0 Å². The van der Waals surface area contributed by atoms with E-state index >= 15 is 0 Å². The Hall–Kier alpha value is -7.49. The zero-order valence-electron chi connectivity index (χ0n) is 33.2. The molecule has 3 heteroatoms. The van der Waals surface area contributed by atoms with Crippen molar-refractivity contribution in [2.24, 2.45) is 10.9 Å². The van der Waals surface area contributed by atoms with E-state index < -0.39 is 0 Å². The molecule has 0 amide bonds. The lowest BCUT2D eigenvalue weighted by atomic mass is 9.84. The molecule has 0 saturated heterocycles. The number of para-hydroxylation sites is 2. The van der Waals surface area contributed by atoms with Gasteiger partial charge in [-0.1, -0.05) is 159 Å². The minimum absolute atomic E-state index is 0.0973. The molecule has 1 aliphatic rings. The summed E-state index contributed by atoms with van der Waals surface area (Å²) in [6, 6.07) is 70.3. The van der Waals surface area contributed by atoms with Gasteiger partial charge in [0.1, 0.15) is 11.2 Å². The molecule has 284 valence electrons. The Morgan fingerprint density at radius 3 is 2.05 bits per heavy atom. The van der Waals surface area contributed by atoms with Crippen LogP contribution in [0, 0.1) is 5.92 Å². The van der Waals surface area contributed by atoms with Gasteiger partial charge in [0, 0.05) is 51.2 Å². The Kier molecular flexibility index (Phi) is 7.96. The average Bonchev–Trinajstić information content (AvgIpc) is 3.78. The van der Waals surface area contributed by atoms with Crippen LogP contribution in [0.5, 0.6) is 0 Å². The molecule has 3 heterocycles. The minimum atomic E-state index is -0.139. The van der Waals surface area contributed by atoms with E-state index in [9.17, 15) is 0 Å². The first kappa shape index (κ1) is 34.5. The van der Waals surface area contributed by atoms with Crippen molar-refractivity contribution >= 4 is 76.6 Å². The minimum Gasteiger partial charge on any atom is -0.456 e. The zero-order chi connectivity index (χ0) is 39.7. The molecular formula is C57H40N2O. The summed E-state index contributed by atoms with van der Waals surface area (Å²) >= 11 is 0. The van der Waals surface area contributed by atoms with Gasteiger partial charge in [-0.15, -0.1) is 0 Å². The highest BCUT2D eigenvalue weighted by molar-refractivity contribution is 6.20. The Morgan fingerprint density at radius 1 is 0.500 bits per heavy atom. The van der Waals surface area contributed by atoms with Crippen molar-refractivity contribution in [1.82, 2.24) is 4.57 Å². The number of furan rings is 1. The van der Waals surface area contributed by atoms with Gasteiger partial charge in [0.05, 0.1) is 22.8 Å². The molecule has 0 aliphatic carbocycles. The van der Waals surface area contributed by atoms with E-state index in [4.69, 9.17) is 9.41 Å². The van der Waals surface area contributed by atoms with Gasteiger partial charge >= 0.3 is 0 Å². The molecule has 9 aromatic carbocycles. The van der Waals surface area contributed by atoms with Crippen molar-refractivity contribution in [3.05, 3.63) is 217 Å². The summed E-state index contributed by atoms with van der Waals surface area (Å²) in [4.78, 5) is 5.91. The largest absolute Gasteiger partial charge is 0.456 e. The standard InChI is InChI=1S/C57H40N2O/c1-36-46(43-27-26-38-16-5-6-17-39(38)30-43)28-29-51(58-57(36)44-21-13-20-40(31-44)37-14-3-2-4-15-37)50-34-45(35-55-56(50)48-23-10-12-25-54(48)60-55)59-52-24-11-9-22-47(52)49-32-41-18-7-8-19-42(41)33-53(49)59/h2-28,30-36,57H,29H2,1H3. The van der Waals surface area contributed by atoms with Crippen LogP contribution in [0.15, 0.2) is 210 Å². The number of aromatic nitrogens is 1. The molecule has 12 rings (SSSR count). The third kappa shape index (κ3) is 5.61. The predicted octanol–water partition coefficient (Wildman–Crippen LogP) is 15.3. The maximum Gasteiger partial charge on any atom is 0.138 e. The number of hydrogen-bond acceptors (Lipinski definition) is 2. The SMILES string of the molecule is CC1C(c2ccc3ccccc3c2)=CCC(c2cc(-n3c4ccccc4c4cc5ccccc5cc43)cc3oc4ccccc4c23)=NC1c1cccc(-c2ccccc2)c1. The Morgan fingerprint density at radius 2 is 1.20 bits per heavy atom. The Labute approximate surface area is 348 Å². The molecule has 0 N–H and O–H groups in total. The van der Waals surface area contributed by atoms with Gasteiger partial charge in [-0.3, -0.25) is 4.99 Å². The van der Waals surface area contributed by atoms with Crippen LogP contribution >= 0.6 is 0 Å². The summed E-state index contributed by atoms with van der Waals surface area (Å²) in [7, 11) is 0. The maximum atomic E-state index is 6.79. The van der Waals surface area contributed by atoms with Crippen LogP contribution in [-0.4, -0.2) is 10.3 Å². The van der Waals surface area contributed by atoms with Crippen LogP contribution in [0.25, 0.3) is 87.7 Å². The van der Waals surface area contributed by atoms with Crippen LogP contribution < -0.4 is 0 Å². The molecule has 1 aliphatic heterocycles. The number of aliphatic imine (C=N–C) groups is 1. The van der Waals surface area contributed by atoms with E-state index in [-0.39, 0.29) is 12.0 Å². The number of rotatable bonds is 5. The van der Waals surface area contributed by atoms with E-state index in [1.807, 2.05) is 0 Å². The van der Waals surface area contributed by atoms with Gasteiger partial charge in [-0.05, 0) is 91.8 Å². The second kappa shape index (κ2) is 13.8. The fourth-order valence-corrected chi connectivity index (χ4v) is 9.85. The number of benzene rings is 9. The molecule has 60 heavy (non-hydrogen) atoms. The van der Waals surface area contributed by atoms with Crippen molar-refractivity contribution in [2.45, 2.75) is 19.4 Å². The van der Waals surface area contributed by atoms with Crippen molar-refractivity contribution in [3.8, 4) is 16.8 Å². The van der Waals surface area contributed by atoms with Crippen LogP contribution in [-0.2, 0) is 0 Å². The second-order valence-electron chi connectivity index (χ2n) is 16.3. The van der Waals surface area contributed by atoms with Crippen LogP contribution in [0.1, 0.15) is 36.1 Å². The quantitative estimate of drug-likeness (QED) is 0.171. The smallest absolute Gasteiger partial charge is 0.138 e. The third-order valence-electron chi connectivity index (χ3n) is 12.8. The highest BCUT2D eigenvalue weighted by Crippen LogP contribution is 2.44. The molecule has 0 spiro atoms. The highest BCUT2D eigenvalue weighted by Gasteiger charge is 2.29. The first-order valence-electron chi connectivity index (χ1n) is 20.9. The Bertz CT molecular complexity index is 3550. The Balaban J connectivity index is 1.12. The molecule has 0 saturated carbocycles. The van der Waals surface area contributed by atoms with Gasteiger partial charge in [0.2, 0.25) is 0 Å². The fraction of sp³-hybridized carbons (Fsp3) is 0.0702. The lowest BCUT2D eigenvalue weighted by Gasteiger charge is -2.24. The molecule has 0 radical (unpaired) electrons. The maximum absolute atomic E-state index is 6.79. The fourth-order valence-electron chi connectivity index (χ4n) is 9.85. The van der Waals surface area contributed by atoms with E-state index in [2.05, 4.69) is 212 Å². The molecular weight excluding hydrogens is 729 g/mol. The molecule has 0 fully saturated rings. The molecule has 3 nitrogen and oxygen atoms in total. The van der Waals surface area contributed by atoms with Crippen molar-refractivity contribution < 1.29 is 4.42 Å². The number of nitrogens with zero attached hydrogens (tertiary/aromatic N) is 2. The second-order valence-corrected chi connectivity index (χ2v) is 16.3. The molecule has 2 aromatic heterocycles. The summed E-state index contributed by atoms with van der Waals surface area (Å²) in [5.74, 6) is 0.0973. The van der Waals surface area contributed by atoms with Gasteiger partial charge in [-0.2, -0.15) is 0 Å². The first-order valence-corrected chi connectivity index (χ1v) is 20.9. The van der Waals surface area contributed by atoms with Gasteiger partial charge in [0.15, 0.2) is 0 Å². The summed E-state index contributed by atoms with van der Waals surface area (Å²) in [6.45, 7) is 2.36. The first-order chi connectivity index (χ1) is 29.6. The van der Waals surface area contributed by atoms with Crippen molar-refractivity contribution in [2.75, 3.05) is 0 Å². The van der Waals surface area contributed by atoms with Gasteiger partial charge < -0.3 is 8.98 Å². The number of hydrogen-bond donors (Lipinski definition) is 0. The summed E-state index contributed by atoms with van der Waals surface area (Å²) < 4.78 is 9.21. The third-order valence-corrected chi connectivity index (χ3v) is 12.8. The monoisotopic (exact) mass is 768 g/mol. The molecule has 11 aromatic rings. The van der Waals surface area contributed by atoms with Crippen molar-refractivity contribution in [3.63, 3.8) is 0 Å². The summed E-state index contributed by atoms with van der Waals surface area (Å²) in [5, 5.41) is 9.61. The number of fused-ring (bicyclic) bond motifs is 8. The summed E-state index contributed by atoms with van der Waals surface area (Å²) in [5.41, 5.74) is 13.4. The van der Waals surface area contributed by atoms with Gasteiger partial charge in [0.25, 0.3) is 0 Å². The molecule has 2 unspecified atom stereocenters. The van der Waals surface area contributed by atoms with Crippen LogP contribution in [0.4, 0.5) is 0 Å². The van der Waals surface area contributed by atoms with E-state index in [1.165, 1.54) is 65.7 Å². The van der Waals surface area contributed by atoms with E-state index in [0.717, 1.165) is 44.4 Å². The van der Waals surface area contributed by atoms with Gasteiger partial charge in [-0.25, -0.2) is 0 Å².